The van der Waals surface area contributed by atoms with Crippen LogP contribution in [0.2, 0.25) is 0 Å². The summed E-state index contributed by atoms with van der Waals surface area (Å²) >= 11 is 0. The number of phenolic OH excluding ortho intramolecular Hbond substituents is 1. The van der Waals surface area contributed by atoms with Gasteiger partial charge in [0.25, 0.3) is 0 Å². The Balaban J connectivity index is 1.57. The van der Waals surface area contributed by atoms with Gasteiger partial charge in [-0.05, 0) is 65.8 Å². The number of methoxy groups -OCH3 is 1. The van der Waals surface area contributed by atoms with Crippen LogP contribution in [0, 0.1) is 0 Å². The molecule has 0 bridgehead atoms. The van der Waals surface area contributed by atoms with Crippen molar-refractivity contribution in [3.05, 3.63) is 137 Å². The molecule has 3 N–H and O–H groups in total. The van der Waals surface area contributed by atoms with Gasteiger partial charge in [0, 0.05) is 25.8 Å². The Labute approximate surface area is 276 Å². The lowest BCUT2D eigenvalue weighted by Crippen LogP contribution is -2.66. The number of carbonyl (C=O) groups is 2. The number of nitrogens with zero attached hydrogens (tertiary/aromatic N) is 2. The number of ether oxygens (including phenoxy) is 3. The van der Waals surface area contributed by atoms with Crippen LogP contribution in [0.1, 0.15) is 39.0 Å². The van der Waals surface area contributed by atoms with E-state index in [-0.39, 0.29) is 43.7 Å². The summed E-state index contributed by atoms with van der Waals surface area (Å²) in [6.45, 7) is 1.34. The topological polar surface area (TPSA) is 115 Å². The van der Waals surface area contributed by atoms with Gasteiger partial charge in [-0.2, -0.15) is 0 Å². The Hall–Kier alpha value is -4.70. The first kappa shape index (κ1) is 33.7. The summed E-state index contributed by atoms with van der Waals surface area (Å²) in [7, 11) is 1.62. The van der Waals surface area contributed by atoms with Gasteiger partial charge in [0.05, 0.1) is 25.3 Å². The molecule has 0 unspecified atom stereocenters. The van der Waals surface area contributed by atoms with Crippen molar-refractivity contribution in [3.8, 4) is 5.75 Å². The number of urea groups is 1. The minimum atomic E-state index is -0.527. The smallest absolute Gasteiger partial charge is 0.321 e. The quantitative estimate of drug-likeness (QED) is 0.123. The molecule has 9 heteroatoms. The van der Waals surface area contributed by atoms with E-state index >= 15 is 0 Å². The normalized spacial score (nSPS) is 18.0. The van der Waals surface area contributed by atoms with E-state index in [9.17, 15) is 14.7 Å². The summed E-state index contributed by atoms with van der Waals surface area (Å²) in [4.78, 5) is 30.6. The number of benzene rings is 4. The molecule has 5 rings (SSSR count). The minimum Gasteiger partial charge on any atom is -0.508 e. The lowest BCUT2D eigenvalue weighted by molar-refractivity contribution is -0.150. The fraction of sp³-hybridized carbons (Fsp3) is 0.316. The first-order valence-corrected chi connectivity index (χ1v) is 15.9. The van der Waals surface area contributed by atoms with E-state index in [0.717, 1.165) is 28.7 Å². The number of carbonyl (C=O) groups excluding carboxylic acids is 2. The highest BCUT2D eigenvalue weighted by Crippen LogP contribution is 2.33. The maximum atomic E-state index is 14.8. The molecule has 246 valence electrons. The van der Waals surface area contributed by atoms with Crippen LogP contribution in [0.5, 0.6) is 5.75 Å². The predicted molar refractivity (Wildman–Crippen MR) is 180 cm³/mol. The molecule has 3 amide bonds. The second-order valence-electron chi connectivity index (χ2n) is 11.8. The van der Waals surface area contributed by atoms with E-state index in [4.69, 9.17) is 19.9 Å². The van der Waals surface area contributed by atoms with Crippen LogP contribution in [0.15, 0.2) is 109 Å². The Morgan fingerprint density at radius 3 is 2.04 bits per heavy atom. The predicted octanol–water partition coefficient (Wildman–Crippen LogP) is 5.55. The fourth-order valence-electron chi connectivity index (χ4n) is 6.21. The van der Waals surface area contributed by atoms with Gasteiger partial charge >= 0.3 is 6.03 Å². The molecule has 4 aromatic carbocycles. The van der Waals surface area contributed by atoms with Gasteiger partial charge < -0.3 is 34.9 Å². The number of amides is 3. The highest BCUT2D eigenvalue weighted by molar-refractivity contribution is 5.92. The van der Waals surface area contributed by atoms with Crippen molar-refractivity contribution in [2.45, 2.75) is 50.5 Å². The van der Waals surface area contributed by atoms with Crippen LogP contribution in [-0.4, -0.2) is 72.1 Å². The molecule has 4 aromatic rings. The molecule has 1 aliphatic rings. The Kier molecular flexibility index (Phi) is 12.0. The third-order valence-electron chi connectivity index (χ3n) is 8.51. The number of nitrogens with two attached hydrogens (primary N) is 1. The van der Waals surface area contributed by atoms with Crippen molar-refractivity contribution < 1.29 is 28.9 Å². The van der Waals surface area contributed by atoms with Crippen molar-refractivity contribution in [2.24, 2.45) is 5.73 Å². The number of phenols is 1. The van der Waals surface area contributed by atoms with E-state index in [2.05, 4.69) is 24.3 Å². The van der Waals surface area contributed by atoms with E-state index in [0.29, 0.717) is 31.6 Å². The number of rotatable bonds is 16. The van der Waals surface area contributed by atoms with Gasteiger partial charge in [-0.25, -0.2) is 4.79 Å². The number of hydrogen-bond donors (Lipinski definition) is 2. The van der Waals surface area contributed by atoms with Gasteiger partial charge in [0.1, 0.15) is 18.6 Å². The molecular formula is C38H43N3O6. The standard InChI is InChI=1S/C38H43N3O6/c1-45-20-21-46-27-47-36-34(19-18-28-10-4-2-5-11-28)40(25-30-14-8-16-32(22-30)37(39)43)38(44)41(26-31-15-9-17-33(42)23-31)35(36)24-29-12-6-3-7-13-29/h2-17,22-23,34-36,42H,18-21,24-27H2,1H3,(H2,39,43)/t34-,35-,36-/m1/s1. The third kappa shape index (κ3) is 9.19. The lowest BCUT2D eigenvalue weighted by atomic mass is 9.87. The summed E-state index contributed by atoms with van der Waals surface area (Å²) in [6, 6.07) is 33.5. The van der Waals surface area contributed by atoms with Crippen molar-refractivity contribution in [2.75, 3.05) is 27.1 Å². The second-order valence-corrected chi connectivity index (χ2v) is 11.8. The SMILES string of the molecule is COCCOCO[C@@H]1[C@@H](CCc2ccccc2)N(Cc2cccc(C(N)=O)c2)C(=O)N(Cc2cccc(O)c2)[C@@H]1Cc1ccccc1. The number of hydrogen-bond acceptors (Lipinski definition) is 6. The van der Waals surface area contributed by atoms with E-state index < -0.39 is 12.0 Å². The van der Waals surface area contributed by atoms with Crippen molar-refractivity contribution in [1.29, 1.82) is 0 Å². The summed E-state index contributed by atoms with van der Waals surface area (Å²) in [5, 5.41) is 10.3. The van der Waals surface area contributed by atoms with Gasteiger partial charge in [-0.3, -0.25) is 4.79 Å². The molecule has 1 saturated heterocycles. The molecule has 1 heterocycles. The highest BCUT2D eigenvalue weighted by Gasteiger charge is 2.47. The zero-order chi connectivity index (χ0) is 33.0. The molecule has 1 fully saturated rings. The molecule has 1 aliphatic heterocycles. The third-order valence-corrected chi connectivity index (χ3v) is 8.51. The summed E-state index contributed by atoms with van der Waals surface area (Å²) in [5.41, 5.74) is 9.81. The van der Waals surface area contributed by atoms with Crippen molar-refractivity contribution in [1.82, 2.24) is 9.80 Å². The Bertz CT molecular complexity index is 1580. The van der Waals surface area contributed by atoms with Gasteiger partial charge in [-0.15, -0.1) is 0 Å². The Morgan fingerprint density at radius 1 is 0.766 bits per heavy atom. The largest absolute Gasteiger partial charge is 0.508 e. The molecule has 0 radical (unpaired) electrons. The average Bonchev–Trinajstić information content (AvgIpc) is 3.08. The van der Waals surface area contributed by atoms with Gasteiger partial charge in [0.15, 0.2) is 0 Å². The van der Waals surface area contributed by atoms with E-state index in [1.165, 1.54) is 0 Å². The van der Waals surface area contributed by atoms with E-state index in [1.807, 2.05) is 58.3 Å². The molecule has 0 aromatic heterocycles. The van der Waals surface area contributed by atoms with Crippen LogP contribution >= 0.6 is 0 Å². The van der Waals surface area contributed by atoms with Crippen LogP contribution in [0.4, 0.5) is 4.79 Å². The lowest BCUT2D eigenvalue weighted by Gasteiger charge is -2.51. The maximum Gasteiger partial charge on any atom is 0.321 e. The van der Waals surface area contributed by atoms with Crippen LogP contribution in [0.25, 0.3) is 0 Å². The summed E-state index contributed by atoms with van der Waals surface area (Å²) in [6.07, 6.45) is 1.47. The molecule has 0 aliphatic carbocycles. The number of primary amides is 1. The molecule has 0 saturated carbocycles. The minimum absolute atomic E-state index is 0.0281. The second kappa shape index (κ2) is 16.7. The molecule has 47 heavy (non-hydrogen) atoms. The summed E-state index contributed by atoms with van der Waals surface area (Å²) < 4.78 is 17.6. The van der Waals surface area contributed by atoms with Crippen molar-refractivity contribution >= 4 is 11.9 Å². The molecular weight excluding hydrogens is 594 g/mol. The van der Waals surface area contributed by atoms with Crippen molar-refractivity contribution in [3.63, 3.8) is 0 Å². The molecule has 0 spiro atoms. The average molecular weight is 638 g/mol. The van der Waals surface area contributed by atoms with Crippen LogP contribution in [0.3, 0.4) is 0 Å². The zero-order valence-corrected chi connectivity index (χ0v) is 26.7. The Morgan fingerprint density at radius 2 is 1.38 bits per heavy atom. The number of aryl methyl sites for hydroxylation is 1. The first-order valence-electron chi connectivity index (χ1n) is 15.9. The monoisotopic (exact) mass is 637 g/mol. The van der Waals surface area contributed by atoms with Crippen LogP contribution < -0.4 is 5.73 Å². The highest BCUT2D eigenvalue weighted by atomic mass is 16.7. The van der Waals surface area contributed by atoms with E-state index in [1.54, 1.807) is 43.5 Å². The van der Waals surface area contributed by atoms with Gasteiger partial charge in [0.2, 0.25) is 5.91 Å². The van der Waals surface area contributed by atoms with Crippen LogP contribution in [-0.2, 0) is 40.1 Å². The molecule has 3 atom stereocenters. The summed E-state index contributed by atoms with van der Waals surface area (Å²) in [5.74, 6) is -0.396. The number of aromatic hydroxyl groups is 1. The maximum absolute atomic E-state index is 14.8. The molecule has 9 nitrogen and oxygen atoms in total. The fourth-order valence-corrected chi connectivity index (χ4v) is 6.21. The van der Waals surface area contributed by atoms with Gasteiger partial charge in [-0.1, -0.05) is 84.9 Å². The first-order chi connectivity index (χ1) is 22.9. The zero-order valence-electron chi connectivity index (χ0n) is 26.7.